The smallest absolute Gasteiger partial charge is 0.303 e. The van der Waals surface area contributed by atoms with E-state index in [1.807, 2.05) is 42.5 Å². The highest BCUT2D eigenvalue weighted by Gasteiger charge is 2.11. The van der Waals surface area contributed by atoms with Crippen molar-refractivity contribution in [1.82, 2.24) is 4.98 Å². The molecule has 0 saturated carbocycles. The monoisotopic (exact) mass is 418 g/mol. The number of benzene rings is 3. The predicted molar refractivity (Wildman–Crippen MR) is 123 cm³/mol. The Morgan fingerprint density at radius 1 is 1.03 bits per heavy atom. The molecule has 6 heteroatoms. The van der Waals surface area contributed by atoms with Crippen LogP contribution in [0.1, 0.15) is 26.7 Å². The summed E-state index contributed by atoms with van der Waals surface area (Å²) in [7, 11) is 0. The largest absolute Gasteiger partial charge is 0.494 e. The lowest BCUT2D eigenvalue weighted by Crippen LogP contribution is -2.21. The van der Waals surface area contributed by atoms with Crippen LogP contribution in [-0.4, -0.2) is 35.8 Å². The van der Waals surface area contributed by atoms with Crippen LogP contribution in [0.4, 0.5) is 5.69 Å². The van der Waals surface area contributed by atoms with Gasteiger partial charge in [-0.1, -0.05) is 12.1 Å². The zero-order chi connectivity index (χ0) is 21.8. The Morgan fingerprint density at radius 3 is 2.58 bits per heavy atom. The summed E-state index contributed by atoms with van der Waals surface area (Å²) in [4.78, 5) is 17.5. The molecule has 0 aliphatic carbocycles. The predicted octanol–water partition coefficient (Wildman–Crippen LogP) is 5.74. The summed E-state index contributed by atoms with van der Waals surface area (Å²) in [6.07, 6.45) is 0.595. The fourth-order valence-corrected chi connectivity index (χ4v) is 3.68. The minimum Gasteiger partial charge on any atom is -0.494 e. The summed E-state index contributed by atoms with van der Waals surface area (Å²) in [6.45, 7) is 6.55. The third kappa shape index (κ3) is 4.63. The molecule has 0 fully saturated rings. The Hall–Kier alpha value is -3.54. The molecule has 4 rings (SSSR count). The highest BCUT2D eigenvalue weighted by molar-refractivity contribution is 5.88. The standard InChI is InChI=1S/C25H26N2O4/c1-3-27(4-2)20-10-12-22-23(16-20)31-25(26-22)19-8-7-18-15-21(11-9-17(18)14-19)30-13-5-6-24(28)29/h7-12,14-16H,3-6,13H2,1-2H3,(H,28,29). The van der Waals surface area contributed by atoms with Gasteiger partial charge in [0, 0.05) is 36.8 Å². The highest BCUT2D eigenvalue weighted by Crippen LogP contribution is 2.30. The number of rotatable bonds is 9. The molecule has 1 heterocycles. The molecule has 0 radical (unpaired) electrons. The lowest BCUT2D eigenvalue weighted by atomic mass is 10.1. The van der Waals surface area contributed by atoms with Crippen molar-refractivity contribution in [2.24, 2.45) is 0 Å². The zero-order valence-electron chi connectivity index (χ0n) is 17.8. The first-order valence-electron chi connectivity index (χ1n) is 10.6. The van der Waals surface area contributed by atoms with Gasteiger partial charge in [-0.15, -0.1) is 0 Å². The van der Waals surface area contributed by atoms with Crippen LogP contribution < -0.4 is 9.64 Å². The fraction of sp³-hybridized carbons (Fsp3) is 0.280. The lowest BCUT2D eigenvalue weighted by Gasteiger charge is -2.20. The molecular weight excluding hydrogens is 392 g/mol. The summed E-state index contributed by atoms with van der Waals surface area (Å²) in [5, 5.41) is 10.8. The van der Waals surface area contributed by atoms with Gasteiger partial charge in [0.2, 0.25) is 5.89 Å². The van der Waals surface area contributed by atoms with Gasteiger partial charge in [0.1, 0.15) is 11.3 Å². The van der Waals surface area contributed by atoms with Gasteiger partial charge < -0.3 is 19.2 Å². The number of hydrogen-bond acceptors (Lipinski definition) is 5. The topological polar surface area (TPSA) is 75.8 Å². The first-order valence-corrected chi connectivity index (χ1v) is 10.6. The van der Waals surface area contributed by atoms with E-state index in [9.17, 15) is 4.79 Å². The normalized spacial score (nSPS) is 11.2. The summed E-state index contributed by atoms with van der Waals surface area (Å²) < 4.78 is 11.8. The molecule has 160 valence electrons. The van der Waals surface area contributed by atoms with E-state index in [0.717, 1.165) is 52.0 Å². The minimum atomic E-state index is -0.807. The van der Waals surface area contributed by atoms with E-state index >= 15 is 0 Å². The number of carbonyl (C=O) groups is 1. The van der Waals surface area contributed by atoms with Crippen molar-refractivity contribution in [3.8, 4) is 17.2 Å². The minimum absolute atomic E-state index is 0.109. The second-order valence-corrected chi connectivity index (χ2v) is 7.41. The SMILES string of the molecule is CCN(CC)c1ccc2nc(-c3ccc4cc(OCCCC(=O)O)ccc4c3)oc2c1. The van der Waals surface area contributed by atoms with Crippen molar-refractivity contribution < 1.29 is 19.1 Å². The van der Waals surface area contributed by atoms with Gasteiger partial charge in [-0.25, -0.2) is 4.98 Å². The number of aliphatic carboxylic acids is 1. The van der Waals surface area contributed by atoms with Crippen molar-refractivity contribution in [3.63, 3.8) is 0 Å². The maximum Gasteiger partial charge on any atom is 0.303 e. The molecule has 4 aromatic rings. The lowest BCUT2D eigenvalue weighted by molar-refractivity contribution is -0.137. The maximum atomic E-state index is 10.6. The van der Waals surface area contributed by atoms with E-state index in [1.54, 1.807) is 0 Å². The quantitative estimate of drug-likeness (QED) is 0.350. The first-order chi connectivity index (χ1) is 15.1. The van der Waals surface area contributed by atoms with Crippen LogP contribution in [0, 0.1) is 0 Å². The summed E-state index contributed by atoms with van der Waals surface area (Å²) in [5.41, 5.74) is 3.68. The molecule has 0 amide bonds. The Balaban J connectivity index is 1.55. The molecule has 0 aliphatic heterocycles. The van der Waals surface area contributed by atoms with Crippen LogP contribution in [0.3, 0.4) is 0 Å². The van der Waals surface area contributed by atoms with Gasteiger partial charge in [-0.05, 0) is 67.4 Å². The number of carboxylic acid groups (broad SMARTS) is 1. The van der Waals surface area contributed by atoms with E-state index in [4.69, 9.17) is 14.3 Å². The molecule has 1 aromatic heterocycles. The van der Waals surface area contributed by atoms with Crippen LogP contribution in [0.25, 0.3) is 33.3 Å². The third-order valence-electron chi connectivity index (χ3n) is 5.36. The average Bonchev–Trinajstić information content (AvgIpc) is 3.20. The van der Waals surface area contributed by atoms with Gasteiger partial charge in [0.15, 0.2) is 5.58 Å². The van der Waals surface area contributed by atoms with Crippen molar-refractivity contribution in [3.05, 3.63) is 54.6 Å². The Labute approximate surface area is 181 Å². The molecule has 3 aromatic carbocycles. The first kappa shape index (κ1) is 20.7. The van der Waals surface area contributed by atoms with E-state index in [0.29, 0.717) is 18.9 Å². The Kier molecular flexibility index (Phi) is 6.07. The van der Waals surface area contributed by atoms with Gasteiger partial charge in [-0.2, -0.15) is 0 Å². The van der Waals surface area contributed by atoms with Crippen LogP contribution in [0.2, 0.25) is 0 Å². The summed E-state index contributed by atoms with van der Waals surface area (Å²) in [6, 6.07) is 18.1. The third-order valence-corrected chi connectivity index (χ3v) is 5.36. The van der Waals surface area contributed by atoms with Crippen LogP contribution in [0.15, 0.2) is 59.0 Å². The number of oxazole rings is 1. The van der Waals surface area contributed by atoms with Crippen molar-refractivity contribution in [2.45, 2.75) is 26.7 Å². The number of hydrogen-bond donors (Lipinski definition) is 1. The van der Waals surface area contributed by atoms with Crippen molar-refractivity contribution in [2.75, 3.05) is 24.6 Å². The van der Waals surface area contributed by atoms with Crippen molar-refractivity contribution >= 4 is 33.5 Å². The Bertz CT molecular complexity index is 1210. The molecule has 0 bridgehead atoms. The van der Waals surface area contributed by atoms with Gasteiger partial charge in [0.05, 0.1) is 6.61 Å². The number of fused-ring (bicyclic) bond motifs is 2. The van der Waals surface area contributed by atoms with Crippen LogP contribution >= 0.6 is 0 Å². The number of anilines is 1. The molecule has 0 spiro atoms. The summed E-state index contributed by atoms with van der Waals surface area (Å²) in [5.74, 6) is 0.525. The Morgan fingerprint density at radius 2 is 1.81 bits per heavy atom. The molecule has 0 atom stereocenters. The summed E-state index contributed by atoms with van der Waals surface area (Å²) >= 11 is 0. The van der Waals surface area contributed by atoms with E-state index in [-0.39, 0.29) is 6.42 Å². The molecule has 1 N–H and O–H groups in total. The molecule has 0 saturated heterocycles. The highest BCUT2D eigenvalue weighted by atomic mass is 16.5. The number of ether oxygens (including phenoxy) is 1. The van der Waals surface area contributed by atoms with Crippen LogP contribution in [0.5, 0.6) is 5.75 Å². The van der Waals surface area contributed by atoms with Crippen molar-refractivity contribution in [1.29, 1.82) is 0 Å². The van der Waals surface area contributed by atoms with Crippen LogP contribution in [-0.2, 0) is 4.79 Å². The average molecular weight is 418 g/mol. The maximum absolute atomic E-state index is 10.6. The number of aromatic nitrogens is 1. The fourth-order valence-electron chi connectivity index (χ4n) is 3.68. The second-order valence-electron chi connectivity index (χ2n) is 7.41. The molecule has 6 nitrogen and oxygen atoms in total. The zero-order valence-corrected chi connectivity index (χ0v) is 17.8. The molecule has 0 aliphatic rings. The van der Waals surface area contributed by atoms with Gasteiger partial charge in [-0.3, -0.25) is 4.79 Å². The molecular formula is C25H26N2O4. The number of nitrogens with zero attached hydrogens (tertiary/aromatic N) is 2. The van der Waals surface area contributed by atoms with Gasteiger partial charge in [0.25, 0.3) is 0 Å². The van der Waals surface area contributed by atoms with E-state index in [1.165, 1.54) is 0 Å². The number of carboxylic acids is 1. The second kappa shape index (κ2) is 9.08. The van der Waals surface area contributed by atoms with Gasteiger partial charge >= 0.3 is 5.97 Å². The molecule has 0 unspecified atom stereocenters. The molecule has 31 heavy (non-hydrogen) atoms. The van der Waals surface area contributed by atoms with E-state index in [2.05, 4.69) is 35.9 Å². The van der Waals surface area contributed by atoms with E-state index < -0.39 is 5.97 Å².